The normalized spacial score (nSPS) is 16.2. The number of carbonyl (C=O) groups is 3. The average Bonchev–Trinajstić information content (AvgIpc) is 3.04. The van der Waals surface area contributed by atoms with Crippen LogP contribution in [0.1, 0.15) is 18.4 Å². The maximum atomic E-state index is 12.6. The lowest BCUT2D eigenvalue weighted by Crippen LogP contribution is -2.49. The molecule has 4 amide bonds. The van der Waals surface area contributed by atoms with Crippen molar-refractivity contribution in [2.24, 2.45) is 0 Å². The van der Waals surface area contributed by atoms with Crippen molar-refractivity contribution in [2.75, 3.05) is 5.32 Å². The number of para-hydroxylation sites is 1. The van der Waals surface area contributed by atoms with Gasteiger partial charge in [0.15, 0.2) is 0 Å². The molecule has 0 radical (unpaired) electrons. The predicted octanol–water partition coefficient (Wildman–Crippen LogP) is 4.44. The molecular formula is C19H16Cl2IN3O3. The van der Waals surface area contributed by atoms with Crippen molar-refractivity contribution >= 4 is 69.3 Å². The molecule has 1 heterocycles. The van der Waals surface area contributed by atoms with Gasteiger partial charge in [0.05, 0.1) is 5.69 Å². The number of carbonyl (C=O) groups excluding carboxylic acids is 3. The molecule has 0 aromatic heterocycles. The van der Waals surface area contributed by atoms with Gasteiger partial charge in [0.1, 0.15) is 6.04 Å². The van der Waals surface area contributed by atoms with Gasteiger partial charge >= 0.3 is 6.03 Å². The van der Waals surface area contributed by atoms with Crippen LogP contribution in [0.15, 0.2) is 42.5 Å². The second-order valence-corrected chi connectivity index (χ2v) is 8.19. The van der Waals surface area contributed by atoms with E-state index in [0.717, 1.165) is 8.47 Å². The molecule has 2 aromatic rings. The lowest BCUT2D eigenvalue weighted by molar-refractivity contribution is -0.132. The number of halogens is 3. The summed E-state index contributed by atoms with van der Waals surface area (Å²) in [5, 5.41) is 6.37. The van der Waals surface area contributed by atoms with Crippen LogP contribution < -0.4 is 10.6 Å². The van der Waals surface area contributed by atoms with Gasteiger partial charge in [-0.3, -0.25) is 14.5 Å². The number of likely N-dealkylation sites (tertiary alicyclic amines) is 1. The predicted molar refractivity (Wildman–Crippen MR) is 116 cm³/mol. The van der Waals surface area contributed by atoms with E-state index in [1.54, 1.807) is 30.3 Å². The number of anilines is 1. The molecule has 6 nitrogen and oxygen atoms in total. The minimum absolute atomic E-state index is 0.138. The molecule has 2 aromatic carbocycles. The summed E-state index contributed by atoms with van der Waals surface area (Å²) in [6, 6.07) is 10.7. The van der Waals surface area contributed by atoms with E-state index in [1.807, 2.05) is 12.1 Å². The molecule has 0 aliphatic carbocycles. The van der Waals surface area contributed by atoms with Crippen LogP contribution >= 0.6 is 45.8 Å². The van der Waals surface area contributed by atoms with Gasteiger partial charge in [0, 0.05) is 26.6 Å². The Morgan fingerprint density at radius 2 is 1.93 bits per heavy atom. The van der Waals surface area contributed by atoms with Crippen molar-refractivity contribution in [2.45, 2.75) is 25.4 Å². The number of nitrogens with one attached hydrogen (secondary N) is 2. The Balaban J connectivity index is 1.68. The second-order valence-electron chi connectivity index (χ2n) is 6.18. The minimum atomic E-state index is -0.861. The SMILES string of the molecule is O=C(NCc1ccc(Cl)cc1Cl)[C@@H]1CCC(=O)N1C(=O)Nc1ccccc1I. The Kier molecular flexibility index (Phi) is 6.79. The smallest absolute Gasteiger partial charge is 0.329 e. The summed E-state index contributed by atoms with van der Waals surface area (Å²) in [5.74, 6) is -0.789. The van der Waals surface area contributed by atoms with Gasteiger partial charge in [-0.15, -0.1) is 0 Å². The summed E-state index contributed by atoms with van der Waals surface area (Å²) >= 11 is 14.1. The zero-order valence-corrected chi connectivity index (χ0v) is 18.2. The maximum absolute atomic E-state index is 12.6. The van der Waals surface area contributed by atoms with Crippen LogP contribution in [-0.2, 0) is 16.1 Å². The quantitative estimate of drug-likeness (QED) is 0.573. The molecule has 0 unspecified atom stereocenters. The van der Waals surface area contributed by atoms with E-state index in [1.165, 1.54) is 0 Å². The number of imide groups is 1. The first-order valence-electron chi connectivity index (χ1n) is 8.46. The Bertz CT molecular complexity index is 938. The maximum Gasteiger partial charge on any atom is 0.329 e. The summed E-state index contributed by atoms with van der Waals surface area (Å²) in [6.07, 6.45) is 0.414. The van der Waals surface area contributed by atoms with Gasteiger partial charge in [0.25, 0.3) is 0 Å². The first-order chi connectivity index (χ1) is 13.4. The van der Waals surface area contributed by atoms with Crippen molar-refractivity contribution in [3.63, 3.8) is 0 Å². The zero-order valence-electron chi connectivity index (χ0n) is 14.5. The molecule has 0 spiro atoms. The average molecular weight is 532 g/mol. The standard InChI is InChI=1S/C19H16Cl2IN3O3/c20-12-6-5-11(13(21)9-12)10-23-18(27)16-7-8-17(26)25(16)19(28)24-15-4-2-1-3-14(15)22/h1-6,9,16H,7-8,10H2,(H,23,27)(H,24,28)/t16-/m0/s1. The Hall–Kier alpha value is -1.84. The fraction of sp³-hybridized carbons (Fsp3) is 0.211. The number of urea groups is 1. The van der Waals surface area contributed by atoms with E-state index in [-0.39, 0.29) is 25.3 Å². The topological polar surface area (TPSA) is 78.5 Å². The molecular weight excluding hydrogens is 516 g/mol. The van der Waals surface area contributed by atoms with Crippen molar-refractivity contribution in [3.05, 3.63) is 61.6 Å². The van der Waals surface area contributed by atoms with Gasteiger partial charge in [0.2, 0.25) is 11.8 Å². The van der Waals surface area contributed by atoms with Gasteiger partial charge in [-0.1, -0.05) is 41.4 Å². The van der Waals surface area contributed by atoms with Crippen molar-refractivity contribution in [1.82, 2.24) is 10.2 Å². The van der Waals surface area contributed by atoms with E-state index in [4.69, 9.17) is 23.2 Å². The molecule has 9 heteroatoms. The number of hydrogen-bond donors (Lipinski definition) is 2. The fourth-order valence-electron chi connectivity index (χ4n) is 2.89. The third kappa shape index (κ3) is 4.76. The Labute approximate surface area is 185 Å². The van der Waals surface area contributed by atoms with Gasteiger partial charge in [-0.05, 0) is 58.8 Å². The van der Waals surface area contributed by atoms with E-state index in [0.29, 0.717) is 21.3 Å². The summed E-state index contributed by atoms with van der Waals surface area (Å²) in [5.41, 5.74) is 1.28. The molecule has 0 bridgehead atoms. The highest BCUT2D eigenvalue weighted by atomic mass is 127. The van der Waals surface area contributed by atoms with E-state index < -0.39 is 18.0 Å². The monoisotopic (exact) mass is 531 g/mol. The number of nitrogens with zero attached hydrogens (tertiary/aromatic N) is 1. The third-order valence-electron chi connectivity index (χ3n) is 4.32. The third-order valence-corrected chi connectivity index (χ3v) is 5.84. The minimum Gasteiger partial charge on any atom is -0.350 e. The highest BCUT2D eigenvalue weighted by Crippen LogP contribution is 2.24. The molecule has 0 saturated carbocycles. The van der Waals surface area contributed by atoms with Crippen LogP contribution in [0, 0.1) is 3.57 Å². The summed E-state index contributed by atoms with van der Waals surface area (Å²) < 4.78 is 0.832. The van der Waals surface area contributed by atoms with Crippen LogP contribution in [0.3, 0.4) is 0 Å². The molecule has 146 valence electrons. The molecule has 1 aliphatic rings. The van der Waals surface area contributed by atoms with Crippen LogP contribution in [0.5, 0.6) is 0 Å². The first kappa shape index (κ1) is 20.9. The van der Waals surface area contributed by atoms with E-state index >= 15 is 0 Å². The molecule has 2 N–H and O–H groups in total. The number of rotatable bonds is 4. The molecule has 28 heavy (non-hydrogen) atoms. The molecule has 3 rings (SSSR count). The number of amides is 4. The van der Waals surface area contributed by atoms with E-state index in [9.17, 15) is 14.4 Å². The largest absolute Gasteiger partial charge is 0.350 e. The Morgan fingerprint density at radius 3 is 2.64 bits per heavy atom. The van der Waals surface area contributed by atoms with Crippen LogP contribution in [0.2, 0.25) is 10.0 Å². The molecule has 1 saturated heterocycles. The Morgan fingerprint density at radius 1 is 1.18 bits per heavy atom. The van der Waals surface area contributed by atoms with Gasteiger partial charge in [-0.2, -0.15) is 0 Å². The van der Waals surface area contributed by atoms with E-state index in [2.05, 4.69) is 33.2 Å². The van der Waals surface area contributed by atoms with Crippen molar-refractivity contribution < 1.29 is 14.4 Å². The van der Waals surface area contributed by atoms with Crippen LogP contribution in [0.4, 0.5) is 10.5 Å². The first-order valence-corrected chi connectivity index (χ1v) is 10.3. The second kappa shape index (κ2) is 9.11. The number of hydrogen-bond acceptors (Lipinski definition) is 3. The summed E-state index contributed by atoms with van der Waals surface area (Å²) in [6.45, 7) is 0.172. The molecule has 1 aliphatic heterocycles. The van der Waals surface area contributed by atoms with Gasteiger partial charge < -0.3 is 10.6 Å². The van der Waals surface area contributed by atoms with Crippen molar-refractivity contribution in [1.29, 1.82) is 0 Å². The number of benzene rings is 2. The summed E-state index contributed by atoms with van der Waals surface area (Å²) in [4.78, 5) is 38.5. The van der Waals surface area contributed by atoms with Gasteiger partial charge in [-0.25, -0.2) is 4.79 Å². The van der Waals surface area contributed by atoms with Crippen molar-refractivity contribution in [3.8, 4) is 0 Å². The lowest BCUT2D eigenvalue weighted by Gasteiger charge is -2.23. The lowest BCUT2D eigenvalue weighted by atomic mass is 10.2. The van der Waals surface area contributed by atoms with Crippen LogP contribution in [0.25, 0.3) is 0 Å². The highest BCUT2D eigenvalue weighted by Gasteiger charge is 2.40. The highest BCUT2D eigenvalue weighted by molar-refractivity contribution is 14.1. The molecule has 1 fully saturated rings. The van der Waals surface area contributed by atoms with Crippen LogP contribution in [-0.4, -0.2) is 28.8 Å². The zero-order chi connectivity index (χ0) is 20.3. The fourth-order valence-corrected chi connectivity index (χ4v) is 3.89. The molecule has 1 atom stereocenters. The summed E-state index contributed by atoms with van der Waals surface area (Å²) in [7, 11) is 0.